The SMILES string of the molecule is Cc1ncsc1C(N)Cc1cnn(C)c1. The number of thiazole rings is 1. The first-order chi connectivity index (χ1) is 7.16. The number of hydrogen-bond acceptors (Lipinski definition) is 4. The van der Waals surface area contributed by atoms with E-state index in [0.717, 1.165) is 17.7 Å². The van der Waals surface area contributed by atoms with Crippen molar-refractivity contribution in [1.29, 1.82) is 0 Å². The van der Waals surface area contributed by atoms with Gasteiger partial charge in [0.15, 0.2) is 0 Å². The summed E-state index contributed by atoms with van der Waals surface area (Å²) in [4.78, 5) is 5.37. The second-order valence-corrected chi connectivity index (χ2v) is 4.52. The third kappa shape index (κ3) is 2.24. The minimum atomic E-state index is 0.0294. The summed E-state index contributed by atoms with van der Waals surface area (Å²) in [6.45, 7) is 1.99. The monoisotopic (exact) mass is 222 g/mol. The average Bonchev–Trinajstić information content (AvgIpc) is 2.75. The third-order valence-corrected chi connectivity index (χ3v) is 3.40. The molecule has 0 aliphatic rings. The first-order valence-corrected chi connectivity index (χ1v) is 5.68. The Morgan fingerprint density at radius 1 is 1.60 bits per heavy atom. The first kappa shape index (κ1) is 10.3. The molecule has 0 radical (unpaired) electrons. The Kier molecular flexibility index (Phi) is 2.83. The van der Waals surface area contributed by atoms with Crippen LogP contribution in [0.3, 0.4) is 0 Å². The molecule has 2 aromatic heterocycles. The molecule has 0 fully saturated rings. The summed E-state index contributed by atoms with van der Waals surface area (Å²) in [6, 6.07) is 0.0294. The topological polar surface area (TPSA) is 56.7 Å². The largest absolute Gasteiger partial charge is 0.323 e. The van der Waals surface area contributed by atoms with Crippen molar-refractivity contribution in [3.05, 3.63) is 34.0 Å². The molecule has 2 heterocycles. The molecule has 5 heteroatoms. The number of nitrogens with two attached hydrogens (primary N) is 1. The molecule has 0 bridgehead atoms. The van der Waals surface area contributed by atoms with Crippen LogP contribution in [0.25, 0.3) is 0 Å². The Bertz CT molecular complexity index is 446. The van der Waals surface area contributed by atoms with Crippen LogP contribution >= 0.6 is 11.3 Å². The third-order valence-electron chi connectivity index (χ3n) is 2.33. The number of aryl methyl sites for hydroxylation is 2. The maximum Gasteiger partial charge on any atom is 0.0798 e. The molecule has 0 aromatic carbocycles. The summed E-state index contributed by atoms with van der Waals surface area (Å²) < 4.78 is 1.79. The molecular weight excluding hydrogens is 208 g/mol. The normalized spacial score (nSPS) is 13.0. The van der Waals surface area contributed by atoms with Crippen LogP contribution in [0.15, 0.2) is 17.9 Å². The van der Waals surface area contributed by atoms with Gasteiger partial charge in [0.2, 0.25) is 0 Å². The van der Waals surface area contributed by atoms with E-state index in [1.54, 1.807) is 16.0 Å². The second kappa shape index (κ2) is 4.12. The van der Waals surface area contributed by atoms with Gasteiger partial charge in [-0.05, 0) is 18.9 Å². The molecule has 0 amide bonds. The standard InChI is InChI=1S/C10H14N4S/c1-7-10(15-6-12-7)9(11)3-8-4-13-14(2)5-8/h4-6,9H,3,11H2,1-2H3. The van der Waals surface area contributed by atoms with Crippen molar-refractivity contribution in [3.8, 4) is 0 Å². The van der Waals surface area contributed by atoms with Crippen LogP contribution in [0.4, 0.5) is 0 Å². The molecule has 4 nitrogen and oxygen atoms in total. The summed E-state index contributed by atoms with van der Waals surface area (Å²) in [7, 11) is 1.91. The second-order valence-electron chi connectivity index (χ2n) is 3.63. The minimum Gasteiger partial charge on any atom is -0.323 e. The van der Waals surface area contributed by atoms with Gasteiger partial charge in [-0.25, -0.2) is 4.98 Å². The first-order valence-electron chi connectivity index (χ1n) is 4.80. The predicted octanol–water partition coefficient (Wildman–Crippen LogP) is 1.43. The zero-order valence-corrected chi connectivity index (χ0v) is 9.66. The van der Waals surface area contributed by atoms with Gasteiger partial charge >= 0.3 is 0 Å². The molecule has 0 aliphatic carbocycles. The summed E-state index contributed by atoms with van der Waals surface area (Å²) in [6.07, 6.45) is 4.67. The smallest absolute Gasteiger partial charge is 0.0798 e. The van der Waals surface area contributed by atoms with E-state index in [4.69, 9.17) is 5.73 Å². The van der Waals surface area contributed by atoms with E-state index in [9.17, 15) is 0 Å². The van der Waals surface area contributed by atoms with Crippen molar-refractivity contribution < 1.29 is 0 Å². The molecule has 0 spiro atoms. The average molecular weight is 222 g/mol. The molecule has 2 N–H and O–H groups in total. The highest BCUT2D eigenvalue weighted by molar-refractivity contribution is 7.09. The van der Waals surface area contributed by atoms with Gasteiger partial charge in [0.05, 0.1) is 17.4 Å². The molecule has 2 aromatic rings. The number of aromatic nitrogens is 3. The molecule has 1 unspecified atom stereocenters. The fourth-order valence-electron chi connectivity index (χ4n) is 1.59. The molecule has 0 aliphatic heterocycles. The molecule has 0 saturated heterocycles. The number of nitrogens with zero attached hydrogens (tertiary/aromatic N) is 3. The van der Waals surface area contributed by atoms with E-state index in [-0.39, 0.29) is 6.04 Å². The lowest BCUT2D eigenvalue weighted by Crippen LogP contribution is -2.12. The Labute approximate surface area is 92.8 Å². The zero-order valence-electron chi connectivity index (χ0n) is 8.84. The van der Waals surface area contributed by atoms with Crippen LogP contribution in [-0.4, -0.2) is 14.8 Å². The highest BCUT2D eigenvalue weighted by Crippen LogP contribution is 2.22. The van der Waals surface area contributed by atoms with Crippen LogP contribution in [-0.2, 0) is 13.5 Å². The lowest BCUT2D eigenvalue weighted by Gasteiger charge is -2.08. The van der Waals surface area contributed by atoms with Crippen molar-refractivity contribution in [2.45, 2.75) is 19.4 Å². The van der Waals surface area contributed by atoms with Crippen LogP contribution in [0.1, 0.15) is 22.2 Å². The van der Waals surface area contributed by atoms with Crippen LogP contribution in [0.5, 0.6) is 0 Å². The molecule has 0 saturated carbocycles. The summed E-state index contributed by atoms with van der Waals surface area (Å²) >= 11 is 1.62. The number of hydrogen-bond donors (Lipinski definition) is 1. The lowest BCUT2D eigenvalue weighted by atomic mass is 10.1. The Morgan fingerprint density at radius 3 is 2.93 bits per heavy atom. The van der Waals surface area contributed by atoms with Crippen molar-refractivity contribution in [2.75, 3.05) is 0 Å². The van der Waals surface area contributed by atoms with Gasteiger partial charge in [0.1, 0.15) is 0 Å². The van der Waals surface area contributed by atoms with Crippen molar-refractivity contribution in [3.63, 3.8) is 0 Å². The fourth-order valence-corrected chi connectivity index (χ4v) is 2.40. The van der Waals surface area contributed by atoms with Crippen molar-refractivity contribution in [2.24, 2.45) is 12.8 Å². The maximum atomic E-state index is 6.11. The minimum absolute atomic E-state index is 0.0294. The lowest BCUT2D eigenvalue weighted by molar-refractivity contribution is 0.725. The molecular formula is C10H14N4S. The Hall–Kier alpha value is -1.20. The van der Waals surface area contributed by atoms with Crippen LogP contribution in [0, 0.1) is 6.92 Å². The van der Waals surface area contributed by atoms with E-state index < -0.39 is 0 Å². The molecule has 2 rings (SSSR count). The fraction of sp³-hybridized carbons (Fsp3) is 0.400. The molecule has 80 valence electrons. The van der Waals surface area contributed by atoms with Gasteiger partial charge in [0.25, 0.3) is 0 Å². The zero-order chi connectivity index (χ0) is 10.8. The van der Waals surface area contributed by atoms with E-state index in [2.05, 4.69) is 10.1 Å². The van der Waals surface area contributed by atoms with Crippen molar-refractivity contribution in [1.82, 2.24) is 14.8 Å². The van der Waals surface area contributed by atoms with Crippen molar-refractivity contribution >= 4 is 11.3 Å². The maximum absolute atomic E-state index is 6.11. The highest BCUT2D eigenvalue weighted by atomic mass is 32.1. The number of rotatable bonds is 3. The van der Waals surface area contributed by atoms with Crippen LogP contribution < -0.4 is 5.73 Å². The summed E-state index contributed by atoms with van der Waals surface area (Å²) in [5.41, 5.74) is 10.2. The van der Waals surface area contributed by atoms with E-state index in [1.165, 1.54) is 4.88 Å². The van der Waals surface area contributed by atoms with Gasteiger partial charge in [-0.1, -0.05) is 0 Å². The van der Waals surface area contributed by atoms with E-state index in [1.807, 2.05) is 31.9 Å². The summed E-state index contributed by atoms with van der Waals surface area (Å²) in [5.74, 6) is 0. The predicted molar refractivity (Wildman–Crippen MR) is 60.7 cm³/mol. The summed E-state index contributed by atoms with van der Waals surface area (Å²) in [5, 5.41) is 4.12. The highest BCUT2D eigenvalue weighted by Gasteiger charge is 2.12. The van der Waals surface area contributed by atoms with Gasteiger partial charge in [0, 0.05) is 24.2 Å². The molecule has 15 heavy (non-hydrogen) atoms. The Balaban J connectivity index is 2.10. The van der Waals surface area contributed by atoms with Gasteiger partial charge < -0.3 is 5.73 Å². The van der Waals surface area contributed by atoms with Crippen LogP contribution in [0.2, 0.25) is 0 Å². The van der Waals surface area contributed by atoms with Gasteiger partial charge in [-0.3, -0.25) is 4.68 Å². The quantitative estimate of drug-likeness (QED) is 0.854. The van der Waals surface area contributed by atoms with Gasteiger partial charge in [-0.2, -0.15) is 5.10 Å². The van der Waals surface area contributed by atoms with Gasteiger partial charge in [-0.15, -0.1) is 11.3 Å². The molecule has 1 atom stereocenters. The Morgan fingerprint density at radius 2 is 2.40 bits per heavy atom. The van der Waals surface area contributed by atoms with E-state index in [0.29, 0.717) is 0 Å². The van der Waals surface area contributed by atoms with E-state index >= 15 is 0 Å².